The lowest BCUT2D eigenvalue weighted by Gasteiger charge is -2.36. The number of unbranched alkanes of at least 4 members (excludes halogenated alkanes) is 1. The zero-order chi connectivity index (χ0) is 78.2. The number of hydrogen-bond acceptors (Lipinski definition) is 16. The van der Waals surface area contributed by atoms with Crippen molar-refractivity contribution in [3.8, 4) is 0 Å². The average Bonchev–Trinajstić information content (AvgIpc) is 0.813. The summed E-state index contributed by atoms with van der Waals surface area (Å²) in [5, 5.41) is 23.5. The van der Waals surface area contributed by atoms with Crippen molar-refractivity contribution in [1.29, 1.82) is 0 Å². The number of nitrogens with one attached hydrogen (secondary N) is 8. The fourth-order valence-electron chi connectivity index (χ4n) is 12.3. The lowest BCUT2D eigenvalue weighted by molar-refractivity contribution is -0.159. The first-order valence-electron chi connectivity index (χ1n) is 36.1. The predicted molar refractivity (Wildman–Crippen MR) is 399 cm³/mol. The molecule has 2 aliphatic rings. The second-order valence-electron chi connectivity index (χ2n) is 27.5. The molecule has 2 fully saturated rings. The number of guanidine groups is 3. The normalized spacial score (nSPS) is 22.3. The van der Waals surface area contributed by atoms with E-state index in [9.17, 15) is 42.7 Å². The Morgan fingerprint density at radius 2 is 0.972 bits per heavy atom. The van der Waals surface area contributed by atoms with Crippen LogP contribution >= 0.6 is 0 Å². The van der Waals surface area contributed by atoms with Gasteiger partial charge < -0.3 is 92.3 Å². The number of Topliss-reactive ketones (excluding diaryl/α,β-unsaturated/α-hetero) is 1. The maximum absolute atomic E-state index is 15.3. The summed E-state index contributed by atoms with van der Waals surface area (Å²) in [6.07, 6.45) is -0.0421. The van der Waals surface area contributed by atoms with Gasteiger partial charge in [0, 0.05) is 57.9 Å². The smallest absolute Gasteiger partial charge is 0.328 e. The molecule has 32 nitrogen and oxygen atoms in total. The van der Waals surface area contributed by atoms with Crippen molar-refractivity contribution in [3.63, 3.8) is 0 Å². The number of fused-ring (bicyclic) bond motifs is 2. The van der Waals surface area contributed by atoms with Gasteiger partial charge in [-0.15, -0.1) is 0 Å². The highest BCUT2D eigenvalue weighted by atomic mass is 19.1. The van der Waals surface area contributed by atoms with Crippen LogP contribution in [0.5, 0.6) is 0 Å². The summed E-state index contributed by atoms with van der Waals surface area (Å²) in [5.41, 5.74) is 39.6. The monoisotopic (exact) mass is 1490 g/mol. The maximum atomic E-state index is 15.3. The lowest BCUT2D eigenvalue weighted by atomic mass is 9.87. The Labute approximate surface area is 621 Å². The standard InChI is InChI=1S/C74H104FN19O13/c1-4-5-20-55-70(106)107-43-74(2,3)61(97)69(105)94-38-12-11-24-58(94)68(104)86-50(32-28-44-16-7-6-8-17-44)42-60(96)87-54(33-34-59(76)95)65(101)89-51(21-13-35-83-71(77)78)62(98)88-52(22-14-36-84-72(79)80)63(99)93-57(41-46-25-29-47-18-9-10-19-48(47)39-46)66(102)90-53(23-15-37-85-73(81)82)64(100)92-56(67(103)91-55)40-45-26-30-49(75)31-27-45/h6-10,16-19,25-27,29-31,39,50-58H,4-5,11-15,20-24,28,32-38,40-43H2,1-3H3,(H2,76,95)(H,86,104)(H,87,96)(H,88,98)(H,89,101)(H,90,102)(H,91,103)(H,92,100)(H,93,99)(H4,77,78,83)(H4,79,80,84)(H4,81,82,85)/t50-,51?,52?,53?,54?,55?,56?,57?,58?/m1/s1. The number of benzene rings is 4. The number of ketones is 1. The summed E-state index contributed by atoms with van der Waals surface area (Å²) in [7, 11) is 0. The third kappa shape index (κ3) is 28.6. The Hall–Kier alpha value is -11.3. The second kappa shape index (κ2) is 42.6. The van der Waals surface area contributed by atoms with Crippen molar-refractivity contribution >= 4 is 99.5 Å². The van der Waals surface area contributed by atoms with Gasteiger partial charge in [-0.25, -0.2) is 9.18 Å². The van der Waals surface area contributed by atoms with E-state index in [1.54, 1.807) is 24.3 Å². The van der Waals surface area contributed by atoms with E-state index in [-0.39, 0.29) is 121 Å². The average molecular weight is 1490 g/mol. The summed E-state index contributed by atoms with van der Waals surface area (Å²) >= 11 is 0. The van der Waals surface area contributed by atoms with Crippen molar-refractivity contribution < 1.29 is 66.7 Å². The highest BCUT2D eigenvalue weighted by molar-refractivity contribution is 6.38. The molecule has 2 heterocycles. The Balaban J connectivity index is 1.49. The number of nitrogens with zero attached hydrogens (tertiary/aromatic N) is 4. The molecule has 22 N–H and O–H groups in total. The molecule has 0 saturated carbocycles. The molecule has 4 aromatic carbocycles. The number of carbonyl (C=O) groups is 12. The number of aryl methyl sites for hydroxylation is 1. The molecule has 107 heavy (non-hydrogen) atoms. The number of carbonyl (C=O) groups excluding carboxylic acids is 12. The van der Waals surface area contributed by atoms with Crippen LogP contribution in [0.2, 0.25) is 0 Å². The van der Waals surface area contributed by atoms with E-state index in [4.69, 9.17) is 44.9 Å². The number of hydrogen-bond donors (Lipinski definition) is 15. The molecule has 2 saturated heterocycles. The molecule has 10 amide bonds. The molecule has 0 radical (unpaired) electrons. The van der Waals surface area contributed by atoms with E-state index in [1.165, 1.54) is 26.0 Å². The Bertz CT molecular complexity index is 3830. The van der Waals surface area contributed by atoms with Crippen LogP contribution in [0.4, 0.5) is 4.39 Å². The van der Waals surface area contributed by atoms with Crippen LogP contribution in [0.25, 0.3) is 10.8 Å². The van der Waals surface area contributed by atoms with E-state index in [2.05, 4.69) is 57.5 Å². The fraction of sp³-hybridized carbons (Fsp3) is 0.500. The second-order valence-corrected chi connectivity index (χ2v) is 27.5. The van der Waals surface area contributed by atoms with Gasteiger partial charge in [0.1, 0.15) is 60.8 Å². The van der Waals surface area contributed by atoms with Crippen LogP contribution in [0, 0.1) is 11.2 Å². The summed E-state index contributed by atoms with van der Waals surface area (Å²) in [4.78, 5) is 189. The highest BCUT2D eigenvalue weighted by Crippen LogP contribution is 2.26. The number of amides is 10. The SMILES string of the molecule is CCCCC1NC(=O)C(Cc2ccc(F)cc2)NC(=O)C(CCCN=C(N)N)NC(=O)C(Cc2ccc3ccccc3c2)NC(=O)C(CCCN=C(N)N)NC(=O)C(CCCN=C(N)N)NC(=O)C(CCC(N)=O)NC(=O)C[C@@H](CCc2ccccc2)NC(=O)C2CCCCN2C(=O)C(=O)C(C)(C)COC1=O. The van der Waals surface area contributed by atoms with E-state index in [0.29, 0.717) is 43.2 Å². The van der Waals surface area contributed by atoms with Gasteiger partial charge in [0.2, 0.25) is 58.9 Å². The lowest BCUT2D eigenvalue weighted by Crippen LogP contribution is -2.60. The summed E-state index contributed by atoms with van der Waals surface area (Å²) < 4.78 is 20.2. The Kier molecular flexibility index (Phi) is 33.7. The van der Waals surface area contributed by atoms with E-state index in [0.717, 1.165) is 33.4 Å². The van der Waals surface area contributed by atoms with Crippen molar-refractivity contribution in [1.82, 2.24) is 47.4 Å². The first-order valence-corrected chi connectivity index (χ1v) is 36.1. The van der Waals surface area contributed by atoms with Gasteiger partial charge >= 0.3 is 5.97 Å². The molecule has 0 aromatic heterocycles. The molecule has 33 heteroatoms. The molecular weight excluding hydrogens is 1380 g/mol. The summed E-state index contributed by atoms with van der Waals surface area (Å²) in [6.45, 7) is 3.72. The minimum Gasteiger partial charge on any atom is -0.463 e. The molecule has 0 bridgehead atoms. The largest absolute Gasteiger partial charge is 0.463 e. The van der Waals surface area contributed by atoms with Crippen LogP contribution in [0.3, 0.4) is 0 Å². The number of primary amides is 1. The number of piperidine rings is 1. The minimum atomic E-state index is -1.73. The zero-order valence-electron chi connectivity index (χ0n) is 60.9. The summed E-state index contributed by atoms with van der Waals surface area (Å²) in [6, 6.07) is 13.8. The van der Waals surface area contributed by atoms with E-state index < -0.39 is 156 Å². The molecule has 2 aliphatic heterocycles. The Morgan fingerprint density at radius 3 is 1.50 bits per heavy atom. The van der Waals surface area contributed by atoms with Crippen molar-refractivity contribution in [2.24, 2.45) is 60.5 Å². The Morgan fingerprint density at radius 1 is 0.505 bits per heavy atom. The molecule has 8 unspecified atom stereocenters. The van der Waals surface area contributed by atoms with Crippen LogP contribution in [-0.4, -0.2) is 181 Å². The predicted octanol–water partition coefficient (Wildman–Crippen LogP) is -0.185. The molecule has 4 aromatic rings. The fourth-order valence-corrected chi connectivity index (χ4v) is 12.3. The number of halogens is 1. The molecule has 6 rings (SSSR count). The first kappa shape index (κ1) is 84.7. The van der Waals surface area contributed by atoms with Crippen LogP contribution in [0.1, 0.15) is 140 Å². The van der Waals surface area contributed by atoms with Crippen molar-refractivity contribution in [2.45, 2.75) is 197 Å². The third-order valence-corrected chi connectivity index (χ3v) is 18.2. The van der Waals surface area contributed by atoms with Crippen LogP contribution < -0.4 is 82.7 Å². The van der Waals surface area contributed by atoms with Crippen LogP contribution in [-0.2, 0) is 81.5 Å². The molecule has 0 spiro atoms. The summed E-state index contributed by atoms with van der Waals surface area (Å²) in [5.74, 6) is -12.6. The minimum absolute atomic E-state index is 0.00900. The number of esters is 1. The van der Waals surface area contributed by atoms with E-state index in [1.807, 2.05) is 55.5 Å². The number of nitrogens with two attached hydrogens (primary N) is 7. The number of rotatable bonds is 25. The maximum Gasteiger partial charge on any atom is 0.328 e. The number of aliphatic imine (C=N–C) groups is 3. The molecule has 9 atom stereocenters. The zero-order valence-corrected chi connectivity index (χ0v) is 60.9. The van der Waals surface area contributed by atoms with Gasteiger partial charge in [-0.1, -0.05) is 105 Å². The van der Waals surface area contributed by atoms with Gasteiger partial charge in [0.05, 0.1) is 5.41 Å². The molecule has 580 valence electrons. The quantitative estimate of drug-likeness (QED) is 0.0134. The topological polar surface area (TPSA) is 533 Å². The van der Waals surface area contributed by atoms with Crippen LogP contribution in [0.15, 0.2) is 112 Å². The number of ether oxygens (including phenoxy) is 1. The van der Waals surface area contributed by atoms with Gasteiger partial charge in [0.15, 0.2) is 17.9 Å². The third-order valence-electron chi connectivity index (χ3n) is 18.2. The number of cyclic esters (lactones) is 1. The van der Waals surface area contributed by atoms with E-state index >= 15 is 19.2 Å². The highest BCUT2D eigenvalue weighted by Gasteiger charge is 2.43. The van der Waals surface area contributed by atoms with Crippen molar-refractivity contribution in [3.05, 3.63) is 120 Å². The first-order chi connectivity index (χ1) is 51.0. The van der Waals surface area contributed by atoms with Crippen molar-refractivity contribution in [2.75, 3.05) is 32.8 Å². The van der Waals surface area contributed by atoms with Gasteiger partial charge in [-0.05, 0) is 137 Å². The molecular formula is C74H104FN19O13. The molecule has 0 aliphatic carbocycles. The van der Waals surface area contributed by atoms with Gasteiger partial charge in [-0.2, -0.15) is 0 Å². The van der Waals surface area contributed by atoms with Gasteiger partial charge in [-0.3, -0.25) is 67.7 Å². The van der Waals surface area contributed by atoms with Gasteiger partial charge in [0.25, 0.3) is 5.91 Å².